The quantitative estimate of drug-likeness (QED) is 0.785. The normalized spacial score (nSPS) is 18.9. The molecule has 0 radical (unpaired) electrons. The highest BCUT2D eigenvalue weighted by Gasteiger charge is 2.25. The van der Waals surface area contributed by atoms with E-state index in [9.17, 15) is 9.90 Å². The van der Waals surface area contributed by atoms with E-state index in [4.69, 9.17) is 0 Å². The van der Waals surface area contributed by atoms with Crippen LogP contribution in [0.2, 0.25) is 0 Å². The number of nitrogens with one attached hydrogen (secondary N) is 1. The van der Waals surface area contributed by atoms with E-state index in [1.807, 2.05) is 0 Å². The maximum absolute atomic E-state index is 11.5. The van der Waals surface area contributed by atoms with E-state index in [-0.39, 0.29) is 11.7 Å². The van der Waals surface area contributed by atoms with Crippen molar-refractivity contribution in [1.82, 2.24) is 5.48 Å². The molecule has 0 aliphatic carbocycles. The maximum Gasteiger partial charge on any atom is 0.269 e. The Labute approximate surface area is 103 Å². The summed E-state index contributed by atoms with van der Waals surface area (Å²) in [5, 5.41) is 9.99. The number of hydrogen-bond donors (Lipinski definition) is 2. The summed E-state index contributed by atoms with van der Waals surface area (Å²) in [6.07, 6.45) is 0. The first kappa shape index (κ1) is 11.9. The molecule has 90 valence electrons. The third kappa shape index (κ3) is 2.78. The number of phenols is 1. The van der Waals surface area contributed by atoms with Gasteiger partial charge in [-0.15, -0.1) is 11.8 Å². The Morgan fingerprint density at radius 1 is 1.53 bits per heavy atom. The second-order valence-corrected chi connectivity index (χ2v) is 4.49. The van der Waals surface area contributed by atoms with Crippen LogP contribution in [-0.4, -0.2) is 35.0 Å². The van der Waals surface area contributed by atoms with Crippen LogP contribution in [0.4, 0.5) is 0 Å². The number of hydrogen-bond acceptors (Lipinski definition) is 5. The van der Waals surface area contributed by atoms with Crippen molar-refractivity contribution in [2.75, 3.05) is 12.9 Å². The molecule has 0 spiro atoms. The van der Waals surface area contributed by atoms with Crippen LogP contribution >= 0.6 is 11.8 Å². The van der Waals surface area contributed by atoms with Gasteiger partial charge in [-0.3, -0.25) is 14.6 Å². The summed E-state index contributed by atoms with van der Waals surface area (Å²) in [4.78, 5) is 20.4. The van der Waals surface area contributed by atoms with E-state index < -0.39 is 6.04 Å². The zero-order valence-electron chi connectivity index (χ0n) is 9.21. The Balaban J connectivity index is 2.11. The third-order valence-electron chi connectivity index (χ3n) is 2.27. The molecule has 1 heterocycles. The van der Waals surface area contributed by atoms with Gasteiger partial charge in [0, 0.05) is 11.3 Å². The zero-order valence-corrected chi connectivity index (χ0v) is 10.0. The van der Waals surface area contributed by atoms with Crippen molar-refractivity contribution in [3.63, 3.8) is 0 Å². The molecule has 1 amide bonds. The van der Waals surface area contributed by atoms with Gasteiger partial charge in [0.15, 0.2) is 0 Å². The maximum atomic E-state index is 11.5. The number of aliphatic imine (C=N–C) groups is 1. The molecule has 0 bridgehead atoms. The van der Waals surface area contributed by atoms with E-state index in [1.54, 1.807) is 24.3 Å². The number of amides is 1. The number of hydroxylamine groups is 1. The molecule has 1 aromatic rings. The molecule has 1 aliphatic rings. The molecule has 1 aliphatic heterocycles. The van der Waals surface area contributed by atoms with Crippen LogP contribution < -0.4 is 5.48 Å². The summed E-state index contributed by atoms with van der Waals surface area (Å²) in [6.45, 7) is 0. The monoisotopic (exact) mass is 252 g/mol. The molecule has 0 fully saturated rings. The molecule has 1 atom stereocenters. The summed E-state index contributed by atoms with van der Waals surface area (Å²) < 4.78 is 0. The van der Waals surface area contributed by atoms with Gasteiger partial charge in [0.1, 0.15) is 11.8 Å². The first-order valence-electron chi connectivity index (χ1n) is 5.03. The fourth-order valence-corrected chi connectivity index (χ4v) is 2.48. The number of phenolic OH excluding ortho intramolecular Hbond substituents is 1. The standard InChI is InChI=1S/C11H12N2O3S/c1-16-13-10(15)9-6-17-11(12-9)7-2-4-8(14)5-3-7/h2-5,9,14H,6H2,1H3,(H,13,15)/t9-/m0/s1. The zero-order chi connectivity index (χ0) is 12.3. The average Bonchev–Trinajstić information content (AvgIpc) is 2.80. The molecule has 2 rings (SSSR count). The lowest BCUT2D eigenvalue weighted by molar-refractivity contribution is -0.131. The molecule has 0 aromatic heterocycles. The van der Waals surface area contributed by atoms with E-state index in [0.717, 1.165) is 10.6 Å². The van der Waals surface area contributed by atoms with Gasteiger partial charge in [-0.1, -0.05) is 0 Å². The summed E-state index contributed by atoms with van der Waals surface area (Å²) in [6, 6.07) is 6.33. The Morgan fingerprint density at radius 2 is 2.24 bits per heavy atom. The van der Waals surface area contributed by atoms with Crippen molar-refractivity contribution in [3.05, 3.63) is 29.8 Å². The topological polar surface area (TPSA) is 70.9 Å². The van der Waals surface area contributed by atoms with Crippen molar-refractivity contribution >= 4 is 22.7 Å². The molecule has 2 N–H and O–H groups in total. The van der Waals surface area contributed by atoms with Gasteiger partial charge in [-0.2, -0.15) is 0 Å². The van der Waals surface area contributed by atoms with Crippen LogP contribution in [0.3, 0.4) is 0 Å². The summed E-state index contributed by atoms with van der Waals surface area (Å²) in [5.74, 6) is 0.575. The van der Waals surface area contributed by atoms with Gasteiger partial charge in [-0.05, 0) is 24.3 Å². The van der Waals surface area contributed by atoms with E-state index >= 15 is 0 Å². The van der Waals surface area contributed by atoms with E-state index in [0.29, 0.717) is 5.75 Å². The van der Waals surface area contributed by atoms with Crippen LogP contribution in [0.15, 0.2) is 29.3 Å². The lowest BCUT2D eigenvalue weighted by Gasteiger charge is -2.04. The highest BCUT2D eigenvalue weighted by atomic mass is 32.2. The molecular formula is C11H12N2O3S. The molecule has 1 aromatic carbocycles. The summed E-state index contributed by atoms with van der Waals surface area (Å²) >= 11 is 1.52. The van der Waals surface area contributed by atoms with Gasteiger partial charge in [0.2, 0.25) is 0 Å². The molecule has 0 unspecified atom stereocenters. The lowest BCUT2D eigenvalue weighted by atomic mass is 10.2. The molecular weight excluding hydrogens is 240 g/mol. The molecule has 17 heavy (non-hydrogen) atoms. The van der Waals surface area contributed by atoms with Crippen LogP contribution in [0.25, 0.3) is 0 Å². The Kier molecular flexibility index (Phi) is 3.65. The van der Waals surface area contributed by atoms with E-state index in [2.05, 4.69) is 15.3 Å². The predicted octanol–water partition coefficient (Wildman–Crippen LogP) is 0.932. The number of carbonyl (C=O) groups is 1. The summed E-state index contributed by atoms with van der Waals surface area (Å²) in [5.41, 5.74) is 3.17. The minimum Gasteiger partial charge on any atom is -0.508 e. The number of nitrogens with zero attached hydrogens (tertiary/aromatic N) is 1. The summed E-state index contributed by atoms with van der Waals surface area (Å²) in [7, 11) is 1.39. The molecule has 0 saturated heterocycles. The van der Waals surface area contributed by atoms with Gasteiger partial charge < -0.3 is 5.11 Å². The number of carbonyl (C=O) groups excluding carboxylic acids is 1. The van der Waals surface area contributed by atoms with Crippen molar-refractivity contribution in [1.29, 1.82) is 0 Å². The highest BCUT2D eigenvalue weighted by Crippen LogP contribution is 2.24. The third-order valence-corrected chi connectivity index (χ3v) is 3.37. The van der Waals surface area contributed by atoms with Crippen LogP contribution in [0, 0.1) is 0 Å². The number of aromatic hydroxyl groups is 1. The van der Waals surface area contributed by atoms with Crippen LogP contribution in [0.5, 0.6) is 5.75 Å². The van der Waals surface area contributed by atoms with Crippen molar-refractivity contribution in [3.8, 4) is 5.75 Å². The van der Waals surface area contributed by atoms with Crippen molar-refractivity contribution in [2.45, 2.75) is 6.04 Å². The highest BCUT2D eigenvalue weighted by molar-refractivity contribution is 8.14. The Morgan fingerprint density at radius 3 is 2.88 bits per heavy atom. The van der Waals surface area contributed by atoms with Gasteiger partial charge in [0.25, 0.3) is 5.91 Å². The Hall–Kier alpha value is -1.53. The van der Waals surface area contributed by atoms with Gasteiger partial charge >= 0.3 is 0 Å². The van der Waals surface area contributed by atoms with Gasteiger partial charge in [0.05, 0.1) is 12.2 Å². The molecule has 6 heteroatoms. The minimum absolute atomic E-state index is 0.214. The SMILES string of the molecule is CONC(=O)[C@@H]1CSC(c2ccc(O)cc2)=N1. The van der Waals surface area contributed by atoms with Crippen molar-refractivity contribution in [2.24, 2.45) is 4.99 Å². The second-order valence-electron chi connectivity index (χ2n) is 3.48. The minimum atomic E-state index is -0.413. The van der Waals surface area contributed by atoms with Gasteiger partial charge in [-0.25, -0.2) is 5.48 Å². The average molecular weight is 252 g/mol. The smallest absolute Gasteiger partial charge is 0.269 e. The fraction of sp³-hybridized carbons (Fsp3) is 0.273. The largest absolute Gasteiger partial charge is 0.508 e. The van der Waals surface area contributed by atoms with E-state index in [1.165, 1.54) is 18.9 Å². The number of rotatable bonds is 3. The Bertz CT molecular complexity index is 445. The predicted molar refractivity (Wildman–Crippen MR) is 66.0 cm³/mol. The number of thioether (sulfide) groups is 1. The van der Waals surface area contributed by atoms with Crippen molar-refractivity contribution < 1.29 is 14.7 Å². The fourth-order valence-electron chi connectivity index (χ4n) is 1.44. The second kappa shape index (κ2) is 5.20. The van der Waals surface area contributed by atoms with Crippen LogP contribution in [0.1, 0.15) is 5.56 Å². The van der Waals surface area contributed by atoms with Crippen LogP contribution in [-0.2, 0) is 9.63 Å². The lowest BCUT2D eigenvalue weighted by Crippen LogP contribution is -2.32. The first-order chi connectivity index (χ1) is 8.20. The molecule has 0 saturated carbocycles. The first-order valence-corrected chi connectivity index (χ1v) is 6.02. The molecule has 5 nitrogen and oxygen atoms in total. The number of benzene rings is 1.